The zero-order valence-electron chi connectivity index (χ0n) is 16.0. The Morgan fingerprint density at radius 3 is 2.59 bits per heavy atom. The second kappa shape index (κ2) is 8.88. The van der Waals surface area contributed by atoms with Gasteiger partial charge < -0.3 is 10.2 Å². The molecule has 2 heterocycles. The minimum Gasteiger partial charge on any atom is -0.337 e. The van der Waals surface area contributed by atoms with E-state index in [9.17, 15) is 9.59 Å². The average molecular weight is 403 g/mol. The quantitative estimate of drug-likeness (QED) is 0.634. The maximum absolute atomic E-state index is 13.5. The lowest BCUT2D eigenvalue weighted by atomic mass is 9.99. The Bertz CT molecular complexity index is 1010. The predicted octanol–water partition coefficient (Wildman–Crippen LogP) is 4.60. The van der Waals surface area contributed by atoms with Crippen LogP contribution in [0.25, 0.3) is 6.08 Å². The molecule has 29 heavy (non-hydrogen) atoms. The lowest BCUT2D eigenvalue weighted by Crippen LogP contribution is -2.44. The van der Waals surface area contributed by atoms with Gasteiger partial charge in [0.2, 0.25) is 5.91 Å². The molecule has 1 N–H and O–H groups in total. The van der Waals surface area contributed by atoms with Crippen molar-refractivity contribution in [1.29, 1.82) is 0 Å². The molecule has 1 aromatic heterocycles. The van der Waals surface area contributed by atoms with E-state index in [4.69, 9.17) is 0 Å². The molecule has 0 aliphatic carbocycles. The molecule has 3 aromatic rings. The summed E-state index contributed by atoms with van der Waals surface area (Å²) in [6.45, 7) is 0.653. The number of para-hydroxylation sites is 1. The number of anilines is 1. The van der Waals surface area contributed by atoms with Crippen molar-refractivity contribution >= 4 is 34.9 Å². The third kappa shape index (κ3) is 4.46. The summed E-state index contributed by atoms with van der Waals surface area (Å²) in [5.74, 6) is -0.396. The van der Waals surface area contributed by atoms with E-state index in [1.807, 2.05) is 66.0 Å². The van der Waals surface area contributed by atoms with Crippen molar-refractivity contribution in [2.24, 2.45) is 0 Å². The van der Waals surface area contributed by atoms with Crippen LogP contribution in [0.2, 0.25) is 0 Å². The molecular weight excluding hydrogens is 380 g/mol. The normalized spacial score (nSPS) is 14.4. The van der Waals surface area contributed by atoms with Gasteiger partial charge in [0.1, 0.15) is 6.04 Å². The monoisotopic (exact) mass is 402 g/mol. The van der Waals surface area contributed by atoms with Crippen LogP contribution in [-0.4, -0.2) is 18.4 Å². The number of hydrogen-bond donors (Lipinski definition) is 1. The van der Waals surface area contributed by atoms with E-state index >= 15 is 0 Å². The lowest BCUT2D eigenvalue weighted by molar-refractivity contribution is -0.125. The summed E-state index contributed by atoms with van der Waals surface area (Å²) < 4.78 is 0. The Morgan fingerprint density at radius 2 is 1.79 bits per heavy atom. The Morgan fingerprint density at radius 1 is 1.00 bits per heavy atom. The van der Waals surface area contributed by atoms with E-state index < -0.39 is 6.04 Å². The highest BCUT2D eigenvalue weighted by molar-refractivity contribution is 7.10. The molecule has 0 bridgehead atoms. The number of benzene rings is 2. The predicted molar refractivity (Wildman–Crippen MR) is 118 cm³/mol. The minimum absolute atomic E-state index is 0.110. The average Bonchev–Trinajstić information content (AvgIpc) is 3.29. The maximum atomic E-state index is 13.5. The number of nitrogens with one attached hydrogen (secondary N) is 1. The Kier molecular flexibility index (Phi) is 5.86. The Hall–Kier alpha value is -3.18. The SMILES string of the molecule is O=C(/C=C/c1cccs1)N[C@@H](C(=O)N1CCCc2ccccc21)c1ccccc1. The molecule has 0 spiro atoms. The number of rotatable bonds is 5. The molecule has 1 aliphatic heterocycles. The van der Waals surface area contributed by atoms with Crippen LogP contribution >= 0.6 is 11.3 Å². The van der Waals surface area contributed by atoms with Crippen molar-refractivity contribution < 1.29 is 9.59 Å². The molecule has 2 amide bonds. The smallest absolute Gasteiger partial charge is 0.254 e. The third-order valence-corrected chi connectivity index (χ3v) is 5.82. The molecule has 0 fully saturated rings. The molecule has 4 rings (SSSR count). The fraction of sp³-hybridized carbons (Fsp3) is 0.167. The number of fused-ring (bicyclic) bond motifs is 1. The van der Waals surface area contributed by atoms with E-state index in [1.54, 1.807) is 22.3 Å². The van der Waals surface area contributed by atoms with Gasteiger partial charge >= 0.3 is 0 Å². The molecule has 0 unspecified atom stereocenters. The fourth-order valence-corrected chi connectivity index (χ4v) is 4.20. The van der Waals surface area contributed by atoms with Gasteiger partial charge in [-0.05, 0) is 47.6 Å². The van der Waals surface area contributed by atoms with Crippen molar-refractivity contribution in [2.75, 3.05) is 11.4 Å². The first-order chi connectivity index (χ1) is 14.2. The van der Waals surface area contributed by atoms with Crippen LogP contribution in [0, 0.1) is 0 Å². The zero-order valence-corrected chi connectivity index (χ0v) is 16.8. The van der Waals surface area contributed by atoms with Crippen molar-refractivity contribution in [3.8, 4) is 0 Å². The van der Waals surface area contributed by atoms with Gasteiger partial charge in [0.15, 0.2) is 0 Å². The molecule has 2 aromatic carbocycles. The number of hydrogen-bond acceptors (Lipinski definition) is 3. The van der Waals surface area contributed by atoms with Gasteiger partial charge in [0, 0.05) is 23.2 Å². The van der Waals surface area contributed by atoms with Gasteiger partial charge in [-0.15, -0.1) is 11.3 Å². The highest BCUT2D eigenvalue weighted by Gasteiger charge is 2.30. The van der Waals surface area contributed by atoms with Gasteiger partial charge in [-0.25, -0.2) is 0 Å². The van der Waals surface area contributed by atoms with Crippen molar-refractivity contribution in [1.82, 2.24) is 5.32 Å². The number of carbonyl (C=O) groups is 2. The lowest BCUT2D eigenvalue weighted by Gasteiger charge is -2.32. The van der Waals surface area contributed by atoms with E-state index in [0.717, 1.165) is 29.0 Å². The molecule has 5 heteroatoms. The summed E-state index contributed by atoms with van der Waals surface area (Å²) in [6, 6.07) is 20.6. The van der Waals surface area contributed by atoms with Crippen LogP contribution in [0.5, 0.6) is 0 Å². The van der Waals surface area contributed by atoms with Crippen LogP contribution in [0.4, 0.5) is 5.69 Å². The number of carbonyl (C=O) groups excluding carboxylic acids is 2. The molecule has 4 nitrogen and oxygen atoms in total. The van der Waals surface area contributed by atoms with Crippen LogP contribution < -0.4 is 10.2 Å². The molecule has 0 saturated carbocycles. The summed E-state index contributed by atoms with van der Waals surface area (Å²) in [4.78, 5) is 28.9. The maximum Gasteiger partial charge on any atom is 0.254 e. The van der Waals surface area contributed by atoms with E-state index in [2.05, 4.69) is 11.4 Å². The van der Waals surface area contributed by atoms with Crippen LogP contribution in [0.3, 0.4) is 0 Å². The molecule has 1 aliphatic rings. The Labute approximate surface area is 174 Å². The summed E-state index contributed by atoms with van der Waals surface area (Å²) >= 11 is 1.56. The number of thiophene rings is 1. The van der Waals surface area contributed by atoms with Gasteiger partial charge in [0.25, 0.3) is 5.91 Å². The molecule has 0 radical (unpaired) electrons. The van der Waals surface area contributed by atoms with Crippen molar-refractivity contribution in [3.63, 3.8) is 0 Å². The molecule has 146 valence electrons. The second-order valence-electron chi connectivity index (χ2n) is 6.92. The highest BCUT2D eigenvalue weighted by Crippen LogP contribution is 2.29. The van der Waals surface area contributed by atoms with Crippen LogP contribution in [0.1, 0.15) is 28.5 Å². The van der Waals surface area contributed by atoms with Gasteiger partial charge in [-0.1, -0.05) is 54.6 Å². The number of aryl methyl sites for hydroxylation is 1. The fourth-order valence-electron chi connectivity index (χ4n) is 3.59. The highest BCUT2D eigenvalue weighted by atomic mass is 32.1. The van der Waals surface area contributed by atoms with Gasteiger partial charge in [-0.2, -0.15) is 0 Å². The summed E-state index contributed by atoms with van der Waals surface area (Å²) in [6.07, 6.45) is 5.13. The van der Waals surface area contributed by atoms with E-state index in [0.29, 0.717) is 6.54 Å². The van der Waals surface area contributed by atoms with Gasteiger partial charge in [0.05, 0.1) is 0 Å². The Balaban J connectivity index is 1.60. The zero-order chi connectivity index (χ0) is 20.1. The van der Waals surface area contributed by atoms with Crippen LogP contribution in [0.15, 0.2) is 78.2 Å². The molecular formula is C24H22N2O2S. The largest absolute Gasteiger partial charge is 0.337 e. The topological polar surface area (TPSA) is 49.4 Å². The second-order valence-corrected chi connectivity index (χ2v) is 7.90. The standard InChI is InChI=1S/C24H22N2O2S/c27-22(15-14-20-12-7-17-29-20)25-23(19-9-2-1-3-10-19)24(28)26-16-6-11-18-8-4-5-13-21(18)26/h1-5,7-10,12-15,17,23H,6,11,16H2,(H,25,27)/b15-14+/t23-/m1/s1. The van der Waals surface area contributed by atoms with Gasteiger partial charge in [-0.3, -0.25) is 9.59 Å². The first kappa shape index (κ1) is 19.2. The summed E-state index contributed by atoms with van der Waals surface area (Å²) in [7, 11) is 0. The summed E-state index contributed by atoms with van der Waals surface area (Å²) in [5.41, 5.74) is 2.88. The van der Waals surface area contributed by atoms with E-state index in [-0.39, 0.29) is 11.8 Å². The van der Waals surface area contributed by atoms with Crippen LogP contribution in [-0.2, 0) is 16.0 Å². The first-order valence-electron chi connectivity index (χ1n) is 9.69. The number of amides is 2. The first-order valence-corrected chi connectivity index (χ1v) is 10.6. The van der Waals surface area contributed by atoms with Crippen molar-refractivity contribution in [2.45, 2.75) is 18.9 Å². The van der Waals surface area contributed by atoms with Crippen molar-refractivity contribution in [3.05, 3.63) is 94.2 Å². The molecule has 0 saturated heterocycles. The third-order valence-electron chi connectivity index (χ3n) is 4.98. The molecule has 1 atom stereocenters. The minimum atomic E-state index is -0.733. The summed E-state index contributed by atoms with van der Waals surface area (Å²) in [5, 5.41) is 4.87. The number of nitrogens with zero attached hydrogens (tertiary/aromatic N) is 1. The van der Waals surface area contributed by atoms with E-state index in [1.165, 1.54) is 11.6 Å².